The van der Waals surface area contributed by atoms with Gasteiger partial charge in [0.15, 0.2) is 0 Å². The Balaban J connectivity index is 1.67. The first kappa shape index (κ1) is 16.2. The van der Waals surface area contributed by atoms with Gasteiger partial charge in [-0.1, -0.05) is 11.6 Å². The van der Waals surface area contributed by atoms with E-state index in [2.05, 4.69) is 10.3 Å². The highest BCUT2D eigenvalue weighted by Gasteiger charge is 2.13. The van der Waals surface area contributed by atoms with Crippen molar-refractivity contribution in [2.24, 2.45) is 0 Å². The number of rotatable bonds is 5. The molecule has 0 saturated carbocycles. The molecule has 1 amide bonds. The first-order valence-electron chi connectivity index (χ1n) is 7.49. The van der Waals surface area contributed by atoms with Gasteiger partial charge >= 0.3 is 0 Å². The van der Waals surface area contributed by atoms with Crippen molar-refractivity contribution in [3.63, 3.8) is 0 Å². The number of benzene rings is 2. The Bertz CT molecular complexity index is 889. The van der Waals surface area contributed by atoms with Crippen molar-refractivity contribution in [2.75, 3.05) is 13.7 Å². The van der Waals surface area contributed by atoms with Crippen molar-refractivity contribution in [2.45, 2.75) is 6.42 Å². The van der Waals surface area contributed by atoms with E-state index >= 15 is 0 Å². The number of phenols is 1. The van der Waals surface area contributed by atoms with E-state index in [1.54, 1.807) is 30.3 Å². The van der Waals surface area contributed by atoms with Gasteiger partial charge in [0.1, 0.15) is 11.5 Å². The van der Waals surface area contributed by atoms with Crippen molar-refractivity contribution < 1.29 is 14.6 Å². The van der Waals surface area contributed by atoms with Crippen LogP contribution in [-0.2, 0) is 6.42 Å². The zero-order valence-electron chi connectivity index (χ0n) is 13.1. The number of hydrogen-bond donors (Lipinski definition) is 3. The van der Waals surface area contributed by atoms with Crippen molar-refractivity contribution in [1.82, 2.24) is 10.3 Å². The summed E-state index contributed by atoms with van der Waals surface area (Å²) in [5.41, 5.74) is 2.35. The molecule has 0 aliphatic rings. The van der Waals surface area contributed by atoms with E-state index in [4.69, 9.17) is 16.3 Å². The van der Waals surface area contributed by atoms with E-state index in [1.807, 2.05) is 12.3 Å². The second-order valence-electron chi connectivity index (χ2n) is 5.39. The molecule has 1 heterocycles. The molecule has 0 spiro atoms. The minimum atomic E-state index is -0.230. The number of methoxy groups -OCH3 is 1. The van der Waals surface area contributed by atoms with Crippen molar-refractivity contribution in [3.05, 3.63) is 58.7 Å². The molecule has 0 atom stereocenters. The third kappa shape index (κ3) is 3.31. The fraction of sp³-hybridized carbons (Fsp3) is 0.167. The van der Waals surface area contributed by atoms with Gasteiger partial charge in [0.05, 0.1) is 12.7 Å². The van der Waals surface area contributed by atoms with Crippen LogP contribution in [0.4, 0.5) is 0 Å². The number of nitrogens with one attached hydrogen (secondary N) is 2. The SMILES string of the molecule is COc1ccc(Cl)cc1C(=O)NCCc1c[nH]c2cc(O)ccc12. The number of ether oxygens (including phenoxy) is 1. The zero-order chi connectivity index (χ0) is 17.1. The van der Waals surface area contributed by atoms with Gasteiger partial charge in [0.25, 0.3) is 5.91 Å². The van der Waals surface area contributed by atoms with Gasteiger partial charge in [-0.3, -0.25) is 4.79 Å². The number of carbonyl (C=O) groups is 1. The molecule has 0 fully saturated rings. The lowest BCUT2D eigenvalue weighted by Gasteiger charge is -2.09. The van der Waals surface area contributed by atoms with Gasteiger partial charge < -0.3 is 20.1 Å². The number of aromatic nitrogens is 1. The minimum absolute atomic E-state index is 0.220. The highest BCUT2D eigenvalue weighted by molar-refractivity contribution is 6.31. The van der Waals surface area contributed by atoms with Crippen molar-refractivity contribution >= 4 is 28.4 Å². The highest BCUT2D eigenvalue weighted by atomic mass is 35.5. The Morgan fingerprint density at radius 3 is 2.92 bits per heavy atom. The molecule has 3 aromatic rings. The number of aromatic hydroxyl groups is 1. The van der Waals surface area contributed by atoms with E-state index in [9.17, 15) is 9.90 Å². The monoisotopic (exact) mass is 344 g/mol. The standard InChI is InChI=1S/C18H17ClN2O3/c1-24-17-5-2-12(19)8-15(17)18(23)20-7-6-11-10-21-16-9-13(22)3-4-14(11)16/h2-5,8-10,21-22H,6-7H2,1H3,(H,20,23). The fourth-order valence-electron chi connectivity index (χ4n) is 2.64. The first-order chi connectivity index (χ1) is 11.6. The fourth-order valence-corrected chi connectivity index (χ4v) is 2.82. The van der Waals surface area contributed by atoms with Crippen LogP contribution in [0.2, 0.25) is 5.02 Å². The number of amides is 1. The minimum Gasteiger partial charge on any atom is -0.508 e. The summed E-state index contributed by atoms with van der Waals surface area (Å²) in [4.78, 5) is 15.4. The smallest absolute Gasteiger partial charge is 0.255 e. The molecule has 2 aromatic carbocycles. The number of H-pyrrole nitrogens is 1. The molecule has 0 aliphatic heterocycles. The summed E-state index contributed by atoms with van der Waals surface area (Å²) in [6.45, 7) is 0.475. The summed E-state index contributed by atoms with van der Waals surface area (Å²) in [6, 6.07) is 10.1. The summed E-state index contributed by atoms with van der Waals surface area (Å²) in [7, 11) is 1.52. The van der Waals surface area contributed by atoms with Crippen LogP contribution >= 0.6 is 11.6 Å². The van der Waals surface area contributed by atoms with E-state index in [0.29, 0.717) is 29.3 Å². The molecule has 24 heavy (non-hydrogen) atoms. The van der Waals surface area contributed by atoms with E-state index in [-0.39, 0.29) is 11.7 Å². The van der Waals surface area contributed by atoms with E-state index in [1.165, 1.54) is 7.11 Å². The molecule has 0 unspecified atom stereocenters. The quantitative estimate of drug-likeness (QED) is 0.663. The van der Waals surface area contributed by atoms with Crippen LogP contribution in [0.15, 0.2) is 42.6 Å². The highest BCUT2D eigenvalue weighted by Crippen LogP contribution is 2.24. The third-order valence-electron chi connectivity index (χ3n) is 3.84. The number of phenolic OH excluding ortho intramolecular Hbond substituents is 1. The lowest BCUT2D eigenvalue weighted by molar-refractivity contribution is 0.0951. The Morgan fingerprint density at radius 1 is 1.29 bits per heavy atom. The average molecular weight is 345 g/mol. The predicted octanol–water partition coefficient (Wildman–Crippen LogP) is 3.51. The molecule has 0 bridgehead atoms. The van der Waals surface area contributed by atoms with Gasteiger partial charge in [-0.25, -0.2) is 0 Å². The van der Waals surface area contributed by atoms with Crippen LogP contribution in [-0.4, -0.2) is 29.7 Å². The number of fused-ring (bicyclic) bond motifs is 1. The van der Waals surface area contributed by atoms with Crippen LogP contribution in [0.3, 0.4) is 0 Å². The molecule has 5 nitrogen and oxygen atoms in total. The van der Waals surface area contributed by atoms with Crippen LogP contribution in [0.1, 0.15) is 15.9 Å². The molecule has 124 valence electrons. The topological polar surface area (TPSA) is 74.3 Å². The average Bonchev–Trinajstić information content (AvgIpc) is 2.96. The maximum atomic E-state index is 12.3. The molecule has 0 aliphatic carbocycles. The second kappa shape index (κ2) is 6.84. The lowest BCUT2D eigenvalue weighted by Crippen LogP contribution is -2.26. The van der Waals surface area contributed by atoms with Crippen LogP contribution in [0.25, 0.3) is 10.9 Å². The number of carbonyl (C=O) groups excluding carboxylic acids is 1. The van der Waals surface area contributed by atoms with Gasteiger partial charge in [0.2, 0.25) is 0 Å². The third-order valence-corrected chi connectivity index (χ3v) is 4.07. The largest absolute Gasteiger partial charge is 0.508 e. The Labute approximate surface area is 144 Å². The molecule has 1 aromatic heterocycles. The summed E-state index contributed by atoms with van der Waals surface area (Å²) in [5.74, 6) is 0.476. The van der Waals surface area contributed by atoms with Gasteiger partial charge in [-0.15, -0.1) is 0 Å². The first-order valence-corrected chi connectivity index (χ1v) is 7.87. The summed E-state index contributed by atoms with van der Waals surface area (Å²) < 4.78 is 5.19. The summed E-state index contributed by atoms with van der Waals surface area (Å²) in [5, 5.41) is 13.9. The summed E-state index contributed by atoms with van der Waals surface area (Å²) >= 11 is 5.95. The number of halogens is 1. The molecule has 0 saturated heterocycles. The summed E-state index contributed by atoms with van der Waals surface area (Å²) in [6.07, 6.45) is 2.55. The Morgan fingerprint density at radius 2 is 2.12 bits per heavy atom. The lowest BCUT2D eigenvalue weighted by atomic mass is 10.1. The molecule has 0 radical (unpaired) electrons. The maximum Gasteiger partial charge on any atom is 0.255 e. The molecule has 3 N–H and O–H groups in total. The Kier molecular flexibility index (Phi) is 4.62. The van der Waals surface area contributed by atoms with Crippen molar-refractivity contribution in [1.29, 1.82) is 0 Å². The van der Waals surface area contributed by atoms with Gasteiger partial charge in [0, 0.05) is 34.7 Å². The van der Waals surface area contributed by atoms with Gasteiger partial charge in [-0.05, 0) is 42.3 Å². The van der Waals surface area contributed by atoms with Gasteiger partial charge in [-0.2, -0.15) is 0 Å². The number of hydrogen-bond acceptors (Lipinski definition) is 3. The molecule has 6 heteroatoms. The second-order valence-corrected chi connectivity index (χ2v) is 5.83. The van der Waals surface area contributed by atoms with Crippen LogP contribution in [0, 0.1) is 0 Å². The molecular weight excluding hydrogens is 328 g/mol. The zero-order valence-corrected chi connectivity index (χ0v) is 13.9. The maximum absolute atomic E-state index is 12.3. The normalized spacial score (nSPS) is 10.8. The Hall–Kier alpha value is -2.66. The van der Waals surface area contributed by atoms with Crippen molar-refractivity contribution in [3.8, 4) is 11.5 Å². The van der Waals surface area contributed by atoms with E-state index < -0.39 is 0 Å². The van der Waals surface area contributed by atoms with E-state index in [0.717, 1.165) is 16.5 Å². The molecular formula is C18H17ClN2O3. The van der Waals surface area contributed by atoms with Crippen LogP contribution < -0.4 is 10.1 Å². The number of aromatic amines is 1. The van der Waals surface area contributed by atoms with Crippen LogP contribution in [0.5, 0.6) is 11.5 Å². The molecule has 3 rings (SSSR count). The predicted molar refractivity (Wildman–Crippen MR) is 94.0 cm³/mol.